The molecule has 0 amide bonds. The first-order valence-electron chi connectivity index (χ1n) is 7.68. The highest BCUT2D eigenvalue weighted by molar-refractivity contribution is 7.91. The number of benzene rings is 1. The van der Waals surface area contributed by atoms with Crippen molar-refractivity contribution < 1.29 is 22.6 Å². The predicted molar refractivity (Wildman–Crippen MR) is 88.6 cm³/mol. The summed E-state index contributed by atoms with van der Waals surface area (Å²) in [7, 11) is -2.84. The number of sulfone groups is 1. The van der Waals surface area contributed by atoms with Gasteiger partial charge in [0, 0.05) is 18.3 Å². The van der Waals surface area contributed by atoms with Crippen molar-refractivity contribution in [3.05, 3.63) is 17.2 Å². The summed E-state index contributed by atoms with van der Waals surface area (Å²) in [6, 6.07) is 3.65. The lowest BCUT2D eigenvalue weighted by molar-refractivity contribution is 0.0539. The molecular formula is C15H20ClNO5S. The van der Waals surface area contributed by atoms with Gasteiger partial charge in [-0.25, -0.2) is 8.42 Å². The van der Waals surface area contributed by atoms with Crippen LogP contribution in [0.25, 0.3) is 0 Å². The summed E-state index contributed by atoms with van der Waals surface area (Å²) in [4.78, 5) is 0. The minimum Gasteiger partial charge on any atom is -0.486 e. The lowest BCUT2D eigenvalue weighted by Gasteiger charge is -2.23. The Balaban J connectivity index is 1.45. The molecule has 0 aliphatic carbocycles. The highest BCUT2D eigenvalue weighted by Crippen LogP contribution is 2.39. The Morgan fingerprint density at radius 2 is 1.96 bits per heavy atom. The quantitative estimate of drug-likeness (QED) is 0.810. The molecule has 0 atom stereocenters. The maximum atomic E-state index is 11.4. The molecule has 0 saturated carbocycles. The zero-order valence-electron chi connectivity index (χ0n) is 12.7. The SMILES string of the molecule is O=S1(=O)CCC(OCCNc2cc(Cl)c3c(c2)OCCO3)CC1. The third-order valence-corrected chi connectivity index (χ3v) is 5.88. The summed E-state index contributed by atoms with van der Waals surface area (Å²) in [5, 5.41) is 3.74. The Labute approximate surface area is 141 Å². The molecule has 8 heteroatoms. The molecule has 0 radical (unpaired) electrons. The van der Waals surface area contributed by atoms with Gasteiger partial charge >= 0.3 is 0 Å². The molecule has 1 N–H and O–H groups in total. The Morgan fingerprint density at radius 3 is 2.74 bits per heavy atom. The smallest absolute Gasteiger partial charge is 0.180 e. The van der Waals surface area contributed by atoms with Crippen LogP contribution < -0.4 is 14.8 Å². The van der Waals surface area contributed by atoms with E-state index in [0.29, 0.717) is 55.7 Å². The molecule has 0 aromatic heterocycles. The third kappa shape index (κ3) is 4.43. The van der Waals surface area contributed by atoms with E-state index in [1.54, 1.807) is 6.07 Å². The summed E-state index contributed by atoms with van der Waals surface area (Å²) >= 11 is 6.18. The molecule has 3 rings (SSSR count). The number of fused-ring (bicyclic) bond motifs is 1. The van der Waals surface area contributed by atoms with Crippen LogP contribution in [0.5, 0.6) is 11.5 Å². The van der Waals surface area contributed by atoms with E-state index in [4.69, 9.17) is 25.8 Å². The van der Waals surface area contributed by atoms with Gasteiger partial charge in [-0.05, 0) is 18.9 Å². The Hall–Kier alpha value is -1.18. The molecule has 0 bridgehead atoms. The molecule has 23 heavy (non-hydrogen) atoms. The van der Waals surface area contributed by atoms with Crippen LogP contribution in [0.15, 0.2) is 12.1 Å². The first-order chi connectivity index (χ1) is 11.0. The monoisotopic (exact) mass is 361 g/mol. The second kappa shape index (κ2) is 7.15. The van der Waals surface area contributed by atoms with Crippen LogP contribution in [0.2, 0.25) is 5.02 Å². The molecule has 0 unspecified atom stereocenters. The fraction of sp³-hybridized carbons (Fsp3) is 0.600. The average molecular weight is 362 g/mol. The van der Waals surface area contributed by atoms with Crippen LogP contribution in [-0.2, 0) is 14.6 Å². The van der Waals surface area contributed by atoms with Gasteiger partial charge in [0.1, 0.15) is 13.2 Å². The number of hydrogen-bond acceptors (Lipinski definition) is 6. The Bertz CT molecular complexity index is 650. The number of nitrogens with one attached hydrogen (secondary N) is 1. The molecule has 2 aliphatic heterocycles. The van der Waals surface area contributed by atoms with Gasteiger partial charge in [-0.3, -0.25) is 0 Å². The second-order valence-electron chi connectivity index (χ2n) is 5.63. The zero-order valence-corrected chi connectivity index (χ0v) is 14.3. The van der Waals surface area contributed by atoms with Gasteiger partial charge in [0.2, 0.25) is 0 Å². The lowest BCUT2D eigenvalue weighted by atomic mass is 10.2. The van der Waals surface area contributed by atoms with Crippen LogP contribution in [-0.4, -0.2) is 52.4 Å². The van der Waals surface area contributed by atoms with Crippen molar-refractivity contribution in [3.8, 4) is 11.5 Å². The summed E-state index contributed by atoms with van der Waals surface area (Å²) < 4.78 is 39.4. The van der Waals surface area contributed by atoms with Crippen molar-refractivity contribution >= 4 is 27.1 Å². The molecule has 1 saturated heterocycles. The summed E-state index contributed by atoms with van der Waals surface area (Å²) in [5.41, 5.74) is 0.842. The first-order valence-corrected chi connectivity index (χ1v) is 9.88. The summed E-state index contributed by atoms with van der Waals surface area (Å²) in [5.74, 6) is 1.68. The molecule has 2 heterocycles. The van der Waals surface area contributed by atoms with Crippen molar-refractivity contribution in [3.63, 3.8) is 0 Å². The van der Waals surface area contributed by atoms with Gasteiger partial charge in [-0.15, -0.1) is 0 Å². The molecule has 1 fully saturated rings. The molecule has 128 valence electrons. The van der Waals surface area contributed by atoms with Gasteiger partial charge < -0.3 is 19.5 Å². The standard InChI is InChI=1S/C15H20ClNO5S/c16-13-9-11(10-14-15(13)22-6-5-21-14)17-3-4-20-12-1-7-23(18,19)8-2-12/h9-10,12,17H,1-8H2. The maximum absolute atomic E-state index is 11.4. The maximum Gasteiger partial charge on any atom is 0.180 e. The molecular weight excluding hydrogens is 342 g/mol. The van der Waals surface area contributed by atoms with Crippen LogP contribution >= 0.6 is 11.6 Å². The van der Waals surface area contributed by atoms with Crippen LogP contribution in [0.4, 0.5) is 5.69 Å². The predicted octanol–water partition coefficient (Wildman–Crippen LogP) is 2.12. The fourth-order valence-electron chi connectivity index (χ4n) is 2.67. The molecule has 1 aromatic carbocycles. The second-order valence-corrected chi connectivity index (χ2v) is 8.34. The topological polar surface area (TPSA) is 73.9 Å². The van der Waals surface area contributed by atoms with Crippen molar-refractivity contribution in [1.29, 1.82) is 0 Å². The third-order valence-electron chi connectivity index (χ3n) is 3.88. The number of halogens is 1. The summed E-state index contributed by atoms with van der Waals surface area (Å²) in [6.07, 6.45) is 1.19. The van der Waals surface area contributed by atoms with E-state index in [2.05, 4.69) is 5.32 Å². The van der Waals surface area contributed by atoms with Gasteiger partial charge in [0.25, 0.3) is 0 Å². The van der Waals surface area contributed by atoms with Crippen molar-refractivity contribution in [1.82, 2.24) is 0 Å². The number of ether oxygens (including phenoxy) is 3. The van der Waals surface area contributed by atoms with Crippen molar-refractivity contribution in [2.24, 2.45) is 0 Å². The Kier molecular flexibility index (Phi) is 5.18. The van der Waals surface area contributed by atoms with Gasteiger partial charge in [-0.1, -0.05) is 11.6 Å². The zero-order chi connectivity index (χ0) is 16.3. The van der Waals surface area contributed by atoms with Gasteiger partial charge in [-0.2, -0.15) is 0 Å². The minimum atomic E-state index is -2.84. The van der Waals surface area contributed by atoms with E-state index in [1.165, 1.54) is 0 Å². The Morgan fingerprint density at radius 1 is 1.22 bits per heavy atom. The van der Waals surface area contributed by atoms with Crippen molar-refractivity contribution in [2.45, 2.75) is 18.9 Å². The molecule has 2 aliphatic rings. The van der Waals surface area contributed by atoms with Crippen LogP contribution in [0.1, 0.15) is 12.8 Å². The number of hydrogen-bond donors (Lipinski definition) is 1. The first kappa shape index (κ1) is 16.7. The van der Waals surface area contributed by atoms with E-state index in [1.807, 2.05) is 6.07 Å². The van der Waals surface area contributed by atoms with E-state index < -0.39 is 9.84 Å². The van der Waals surface area contributed by atoms with E-state index in [0.717, 1.165) is 5.69 Å². The van der Waals surface area contributed by atoms with E-state index in [9.17, 15) is 8.42 Å². The number of rotatable bonds is 5. The number of anilines is 1. The van der Waals surface area contributed by atoms with Crippen LogP contribution in [0, 0.1) is 0 Å². The minimum absolute atomic E-state index is 0.0316. The van der Waals surface area contributed by atoms with E-state index in [-0.39, 0.29) is 17.6 Å². The highest BCUT2D eigenvalue weighted by Gasteiger charge is 2.23. The van der Waals surface area contributed by atoms with Crippen LogP contribution in [0.3, 0.4) is 0 Å². The average Bonchev–Trinajstić information content (AvgIpc) is 2.53. The van der Waals surface area contributed by atoms with E-state index >= 15 is 0 Å². The van der Waals surface area contributed by atoms with Gasteiger partial charge in [0.15, 0.2) is 21.3 Å². The summed E-state index contributed by atoms with van der Waals surface area (Å²) in [6.45, 7) is 2.14. The fourth-order valence-corrected chi connectivity index (χ4v) is 4.38. The largest absolute Gasteiger partial charge is 0.486 e. The highest BCUT2D eigenvalue weighted by atomic mass is 35.5. The lowest BCUT2D eigenvalue weighted by Crippen LogP contribution is -2.30. The normalized spacial score (nSPS) is 20.2. The van der Waals surface area contributed by atoms with Crippen molar-refractivity contribution in [2.75, 3.05) is 43.2 Å². The molecule has 6 nitrogen and oxygen atoms in total. The molecule has 0 spiro atoms. The van der Waals surface area contributed by atoms with Gasteiger partial charge in [0.05, 0.1) is 29.2 Å². The molecule has 1 aromatic rings.